The topological polar surface area (TPSA) is 75.1 Å². The molecule has 0 unspecified atom stereocenters. The molecule has 18 heavy (non-hydrogen) atoms. The SMILES string of the molecule is O=c1[nH]c(=O)n(-c2cc(F)ccc2F)c(O)c1F. The van der Waals surface area contributed by atoms with Crippen molar-refractivity contribution >= 4 is 0 Å². The van der Waals surface area contributed by atoms with Gasteiger partial charge in [-0.1, -0.05) is 0 Å². The molecule has 0 saturated carbocycles. The van der Waals surface area contributed by atoms with Gasteiger partial charge in [0.25, 0.3) is 5.56 Å². The lowest BCUT2D eigenvalue weighted by Crippen LogP contribution is -2.31. The maximum Gasteiger partial charge on any atom is 0.336 e. The highest BCUT2D eigenvalue weighted by Gasteiger charge is 2.18. The van der Waals surface area contributed by atoms with Crippen molar-refractivity contribution in [3.05, 3.63) is 56.5 Å². The average Bonchev–Trinajstić information content (AvgIpc) is 2.31. The number of hydrogen-bond acceptors (Lipinski definition) is 3. The van der Waals surface area contributed by atoms with E-state index in [0.29, 0.717) is 12.1 Å². The van der Waals surface area contributed by atoms with Crippen LogP contribution < -0.4 is 11.2 Å². The molecule has 2 N–H and O–H groups in total. The molecule has 1 aromatic carbocycles. The van der Waals surface area contributed by atoms with E-state index < -0.39 is 40.3 Å². The first-order valence-electron chi connectivity index (χ1n) is 4.61. The van der Waals surface area contributed by atoms with Crippen LogP contribution in [0.1, 0.15) is 0 Å². The highest BCUT2D eigenvalue weighted by Crippen LogP contribution is 2.18. The molecule has 1 heterocycles. The second-order valence-corrected chi connectivity index (χ2v) is 3.33. The predicted molar refractivity (Wildman–Crippen MR) is 54.2 cm³/mol. The largest absolute Gasteiger partial charge is 0.492 e. The Balaban J connectivity index is 2.88. The Morgan fingerprint density at radius 1 is 1.17 bits per heavy atom. The summed E-state index contributed by atoms with van der Waals surface area (Å²) in [5.41, 5.74) is -3.46. The molecule has 0 amide bonds. The van der Waals surface area contributed by atoms with E-state index in [1.807, 2.05) is 0 Å². The normalized spacial score (nSPS) is 10.6. The molecular weight excluding hydrogens is 253 g/mol. The number of halogens is 3. The molecule has 2 aromatic rings. The van der Waals surface area contributed by atoms with E-state index in [1.165, 1.54) is 4.98 Å². The molecule has 0 fully saturated rings. The summed E-state index contributed by atoms with van der Waals surface area (Å²) in [6.07, 6.45) is 0. The third kappa shape index (κ3) is 1.77. The highest BCUT2D eigenvalue weighted by atomic mass is 19.1. The molecule has 5 nitrogen and oxygen atoms in total. The van der Waals surface area contributed by atoms with E-state index in [1.54, 1.807) is 0 Å². The van der Waals surface area contributed by atoms with Crippen LogP contribution in [0.15, 0.2) is 27.8 Å². The molecule has 94 valence electrons. The van der Waals surface area contributed by atoms with Gasteiger partial charge in [-0.3, -0.25) is 9.78 Å². The minimum atomic E-state index is -1.67. The Labute approximate surface area is 96.8 Å². The van der Waals surface area contributed by atoms with Crippen molar-refractivity contribution in [3.8, 4) is 11.6 Å². The maximum absolute atomic E-state index is 13.4. The summed E-state index contributed by atoms with van der Waals surface area (Å²) in [5, 5.41) is 9.31. The number of aromatic hydroxyl groups is 1. The van der Waals surface area contributed by atoms with Gasteiger partial charge in [-0.15, -0.1) is 0 Å². The van der Waals surface area contributed by atoms with Crippen LogP contribution in [0.4, 0.5) is 13.2 Å². The number of nitrogens with zero attached hydrogens (tertiary/aromatic N) is 1. The predicted octanol–water partition coefficient (Wildman–Crippen LogP) is 0.649. The fraction of sp³-hybridized carbons (Fsp3) is 0. The smallest absolute Gasteiger partial charge is 0.336 e. The lowest BCUT2D eigenvalue weighted by atomic mass is 10.3. The molecule has 0 spiro atoms. The number of H-pyrrole nitrogens is 1. The summed E-state index contributed by atoms with van der Waals surface area (Å²) in [7, 11) is 0. The Morgan fingerprint density at radius 3 is 2.50 bits per heavy atom. The maximum atomic E-state index is 13.4. The zero-order valence-electron chi connectivity index (χ0n) is 8.58. The van der Waals surface area contributed by atoms with Crippen molar-refractivity contribution in [3.63, 3.8) is 0 Å². The summed E-state index contributed by atoms with van der Waals surface area (Å²) in [6.45, 7) is 0. The Morgan fingerprint density at radius 2 is 1.83 bits per heavy atom. The van der Waals surface area contributed by atoms with Gasteiger partial charge < -0.3 is 5.11 Å². The minimum Gasteiger partial charge on any atom is -0.492 e. The van der Waals surface area contributed by atoms with Crippen LogP contribution >= 0.6 is 0 Å². The molecule has 0 aliphatic rings. The highest BCUT2D eigenvalue weighted by molar-refractivity contribution is 5.37. The van der Waals surface area contributed by atoms with E-state index in [9.17, 15) is 27.9 Å². The van der Waals surface area contributed by atoms with Gasteiger partial charge in [-0.2, -0.15) is 4.39 Å². The zero-order chi connectivity index (χ0) is 13.4. The molecule has 0 saturated heterocycles. The lowest BCUT2D eigenvalue weighted by Gasteiger charge is -2.08. The van der Waals surface area contributed by atoms with Crippen LogP contribution in [0.5, 0.6) is 5.88 Å². The van der Waals surface area contributed by atoms with Gasteiger partial charge in [0, 0.05) is 6.07 Å². The zero-order valence-corrected chi connectivity index (χ0v) is 8.58. The summed E-state index contributed by atoms with van der Waals surface area (Å²) < 4.78 is 39.6. The van der Waals surface area contributed by atoms with Gasteiger partial charge in [0.1, 0.15) is 11.6 Å². The van der Waals surface area contributed by atoms with Crippen LogP contribution in [0, 0.1) is 17.5 Å². The first kappa shape index (κ1) is 12.0. The number of nitrogens with one attached hydrogen (secondary N) is 1. The molecule has 0 bridgehead atoms. The van der Waals surface area contributed by atoms with Gasteiger partial charge in [0.05, 0.1) is 5.69 Å². The van der Waals surface area contributed by atoms with Gasteiger partial charge in [-0.25, -0.2) is 18.1 Å². The van der Waals surface area contributed by atoms with Gasteiger partial charge in [0.15, 0.2) is 0 Å². The van der Waals surface area contributed by atoms with Crippen molar-refractivity contribution in [2.45, 2.75) is 0 Å². The lowest BCUT2D eigenvalue weighted by molar-refractivity contribution is 0.383. The Kier molecular flexibility index (Phi) is 2.70. The number of aromatic amines is 1. The fourth-order valence-corrected chi connectivity index (χ4v) is 1.38. The average molecular weight is 258 g/mol. The molecular formula is C10H5F3N2O3. The monoisotopic (exact) mass is 258 g/mol. The third-order valence-electron chi connectivity index (χ3n) is 2.18. The summed E-state index contributed by atoms with van der Waals surface area (Å²) >= 11 is 0. The van der Waals surface area contributed by atoms with E-state index in [0.717, 1.165) is 6.07 Å². The number of hydrogen-bond donors (Lipinski definition) is 2. The summed E-state index contributed by atoms with van der Waals surface area (Å²) in [4.78, 5) is 23.7. The van der Waals surface area contributed by atoms with Gasteiger partial charge >= 0.3 is 5.69 Å². The van der Waals surface area contributed by atoms with Crippen LogP contribution in [0.2, 0.25) is 0 Å². The second kappa shape index (κ2) is 4.06. The van der Waals surface area contributed by atoms with E-state index in [4.69, 9.17) is 0 Å². The molecule has 1 aromatic heterocycles. The van der Waals surface area contributed by atoms with Crippen molar-refractivity contribution < 1.29 is 18.3 Å². The quantitative estimate of drug-likeness (QED) is 0.788. The van der Waals surface area contributed by atoms with E-state index in [2.05, 4.69) is 0 Å². The van der Waals surface area contributed by atoms with Gasteiger partial charge in [-0.05, 0) is 12.1 Å². The fourth-order valence-electron chi connectivity index (χ4n) is 1.38. The van der Waals surface area contributed by atoms with E-state index in [-0.39, 0.29) is 4.57 Å². The molecule has 8 heteroatoms. The number of benzene rings is 1. The molecule has 0 aliphatic heterocycles. The molecule has 0 radical (unpaired) electrons. The summed E-state index contributed by atoms with van der Waals surface area (Å²) in [5.74, 6) is -5.03. The summed E-state index contributed by atoms with van der Waals surface area (Å²) in [6, 6.07) is 2.05. The van der Waals surface area contributed by atoms with Crippen LogP contribution in [-0.4, -0.2) is 14.7 Å². The third-order valence-corrected chi connectivity index (χ3v) is 2.18. The van der Waals surface area contributed by atoms with E-state index >= 15 is 0 Å². The molecule has 0 aliphatic carbocycles. The number of aromatic nitrogens is 2. The molecule has 2 rings (SSSR count). The minimum absolute atomic E-state index is 0.120. The van der Waals surface area contributed by atoms with Crippen molar-refractivity contribution in [1.82, 2.24) is 9.55 Å². The first-order valence-corrected chi connectivity index (χ1v) is 4.61. The standard InChI is InChI=1S/C10H5F3N2O3/c11-4-1-2-5(12)6(3-4)15-9(17)7(13)8(16)14-10(15)18/h1-3,17H,(H,14,16,18). The molecule has 0 atom stereocenters. The van der Waals surface area contributed by atoms with Crippen LogP contribution in [0.25, 0.3) is 5.69 Å². The van der Waals surface area contributed by atoms with Crippen molar-refractivity contribution in [2.75, 3.05) is 0 Å². The van der Waals surface area contributed by atoms with Crippen LogP contribution in [-0.2, 0) is 0 Å². The van der Waals surface area contributed by atoms with Crippen molar-refractivity contribution in [1.29, 1.82) is 0 Å². The number of rotatable bonds is 1. The Bertz CT molecular complexity index is 736. The van der Waals surface area contributed by atoms with Crippen LogP contribution in [0.3, 0.4) is 0 Å². The first-order chi connectivity index (χ1) is 8.41. The second-order valence-electron chi connectivity index (χ2n) is 3.33. The Hall–Kier alpha value is -2.51. The van der Waals surface area contributed by atoms with Crippen molar-refractivity contribution in [2.24, 2.45) is 0 Å². The van der Waals surface area contributed by atoms with Gasteiger partial charge in [0.2, 0.25) is 11.7 Å².